The van der Waals surface area contributed by atoms with E-state index in [2.05, 4.69) is 10.1 Å². The van der Waals surface area contributed by atoms with E-state index >= 15 is 0 Å². The highest BCUT2D eigenvalue weighted by Gasteiger charge is 2.08. The Bertz CT molecular complexity index is 116. The number of methoxy groups -OCH3 is 2. The van der Waals surface area contributed by atoms with Gasteiger partial charge in [0.2, 0.25) is 0 Å². The number of ether oxygens (including phenoxy) is 2. The molecule has 0 bridgehead atoms. The molecule has 1 unspecified atom stereocenters. The molecule has 0 aliphatic heterocycles. The van der Waals surface area contributed by atoms with Crippen LogP contribution in [0.2, 0.25) is 0 Å². The SMILES string of the molecule is CCC(COC)NC(=O)OC. The minimum atomic E-state index is -0.408. The topological polar surface area (TPSA) is 47.6 Å². The van der Waals surface area contributed by atoms with E-state index in [9.17, 15) is 4.79 Å². The lowest BCUT2D eigenvalue weighted by molar-refractivity contribution is 0.139. The van der Waals surface area contributed by atoms with E-state index in [4.69, 9.17) is 4.74 Å². The molecule has 4 nitrogen and oxygen atoms in total. The summed E-state index contributed by atoms with van der Waals surface area (Å²) in [5.41, 5.74) is 0. The van der Waals surface area contributed by atoms with Gasteiger partial charge in [-0.1, -0.05) is 6.92 Å². The third-order valence-electron chi connectivity index (χ3n) is 1.37. The van der Waals surface area contributed by atoms with E-state index in [0.717, 1.165) is 6.42 Å². The second kappa shape index (κ2) is 5.97. The third kappa shape index (κ3) is 4.61. The van der Waals surface area contributed by atoms with E-state index < -0.39 is 6.09 Å². The Hall–Kier alpha value is -0.770. The number of carbonyl (C=O) groups is 1. The van der Waals surface area contributed by atoms with Crippen molar-refractivity contribution in [1.29, 1.82) is 0 Å². The van der Waals surface area contributed by atoms with Crippen molar-refractivity contribution in [2.24, 2.45) is 0 Å². The van der Waals surface area contributed by atoms with Crippen molar-refractivity contribution < 1.29 is 14.3 Å². The molecule has 1 atom stereocenters. The fourth-order valence-electron chi connectivity index (χ4n) is 0.688. The van der Waals surface area contributed by atoms with Crippen LogP contribution < -0.4 is 5.32 Å². The molecule has 66 valence electrons. The number of alkyl carbamates (subject to hydrolysis) is 1. The van der Waals surface area contributed by atoms with Crippen molar-refractivity contribution in [3.63, 3.8) is 0 Å². The first-order valence-corrected chi connectivity index (χ1v) is 3.58. The Morgan fingerprint density at radius 3 is 2.55 bits per heavy atom. The molecule has 0 aromatic heterocycles. The van der Waals surface area contributed by atoms with Crippen molar-refractivity contribution in [2.45, 2.75) is 19.4 Å². The molecule has 0 aromatic carbocycles. The Morgan fingerprint density at radius 1 is 1.55 bits per heavy atom. The first-order chi connectivity index (χ1) is 5.24. The van der Waals surface area contributed by atoms with Crippen molar-refractivity contribution in [3.05, 3.63) is 0 Å². The van der Waals surface area contributed by atoms with E-state index in [-0.39, 0.29) is 6.04 Å². The standard InChI is InChI=1S/C7H15NO3/c1-4-6(5-10-2)8-7(9)11-3/h6H,4-5H2,1-3H3,(H,8,9). The summed E-state index contributed by atoms with van der Waals surface area (Å²) in [4.78, 5) is 10.7. The van der Waals surface area contributed by atoms with Crippen LogP contribution in [-0.2, 0) is 9.47 Å². The molecule has 0 radical (unpaired) electrons. The number of hydrogen-bond acceptors (Lipinski definition) is 3. The Balaban J connectivity index is 3.58. The third-order valence-corrected chi connectivity index (χ3v) is 1.37. The number of rotatable bonds is 4. The van der Waals surface area contributed by atoms with Crippen molar-refractivity contribution in [1.82, 2.24) is 5.32 Å². The summed E-state index contributed by atoms with van der Waals surface area (Å²) in [6, 6.07) is 0.0486. The molecular weight excluding hydrogens is 146 g/mol. The summed E-state index contributed by atoms with van der Waals surface area (Å²) in [5.74, 6) is 0. The monoisotopic (exact) mass is 161 g/mol. The predicted molar refractivity (Wildman–Crippen MR) is 41.5 cm³/mol. The van der Waals surface area contributed by atoms with Gasteiger partial charge < -0.3 is 14.8 Å². The quantitative estimate of drug-likeness (QED) is 0.662. The van der Waals surface area contributed by atoms with Gasteiger partial charge in [0.1, 0.15) is 0 Å². The zero-order valence-electron chi connectivity index (χ0n) is 7.22. The van der Waals surface area contributed by atoms with Crippen LogP contribution in [0.4, 0.5) is 4.79 Å². The molecule has 0 saturated carbocycles. The highest BCUT2D eigenvalue weighted by atomic mass is 16.5. The molecule has 0 aromatic rings. The van der Waals surface area contributed by atoms with Crippen LogP contribution in [-0.4, -0.2) is 33.0 Å². The van der Waals surface area contributed by atoms with Gasteiger partial charge in [-0.25, -0.2) is 4.79 Å². The van der Waals surface area contributed by atoms with E-state index in [1.807, 2.05) is 6.92 Å². The number of hydrogen-bond donors (Lipinski definition) is 1. The van der Waals surface area contributed by atoms with Gasteiger partial charge in [-0.05, 0) is 6.42 Å². The van der Waals surface area contributed by atoms with E-state index in [0.29, 0.717) is 6.61 Å². The normalized spacial score (nSPS) is 12.3. The van der Waals surface area contributed by atoms with E-state index in [1.165, 1.54) is 7.11 Å². The summed E-state index contributed by atoms with van der Waals surface area (Å²) in [6.07, 6.45) is 0.428. The molecule has 0 aliphatic rings. The Kier molecular flexibility index (Phi) is 5.56. The number of amides is 1. The average Bonchev–Trinajstić information content (AvgIpc) is 2.03. The lowest BCUT2D eigenvalue weighted by Gasteiger charge is -2.14. The fourth-order valence-corrected chi connectivity index (χ4v) is 0.688. The summed E-state index contributed by atoms with van der Waals surface area (Å²) in [7, 11) is 2.94. The Labute approximate surface area is 66.9 Å². The van der Waals surface area contributed by atoms with Crippen LogP contribution >= 0.6 is 0 Å². The summed E-state index contributed by atoms with van der Waals surface area (Å²) >= 11 is 0. The Morgan fingerprint density at radius 2 is 2.18 bits per heavy atom. The maximum absolute atomic E-state index is 10.7. The highest BCUT2D eigenvalue weighted by Crippen LogP contribution is 1.91. The molecule has 0 aliphatic carbocycles. The molecule has 1 N–H and O–H groups in total. The van der Waals surface area contributed by atoms with E-state index in [1.54, 1.807) is 7.11 Å². The molecular formula is C7H15NO3. The van der Waals surface area contributed by atoms with Crippen molar-refractivity contribution >= 4 is 6.09 Å². The molecule has 4 heteroatoms. The minimum Gasteiger partial charge on any atom is -0.453 e. The molecule has 1 amide bonds. The van der Waals surface area contributed by atoms with Crippen LogP contribution in [0.1, 0.15) is 13.3 Å². The fraction of sp³-hybridized carbons (Fsp3) is 0.857. The van der Waals surface area contributed by atoms with Crippen molar-refractivity contribution in [3.8, 4) is 0 Å². The van der Waals surface area contributed by atoms with Gasteiger partial charge >= 0.3 is 6.09 Å². The number of carbonyl (C=O) groups excluding carboxylic acids is 1. The van der Waals surface area contributed by atoms with Crippen LogP contribution in [0.3, 0.4) is 0 Å². The van der Waals surface area contributed by atoms with Crippen molar-refractivity contribution in [2.75, 3.05) is 20.8 Å². The summed E-state index contributed by atoms with van der Waals surface area (Å²) in [6.45, 7) is 2.49. The zero-order valence-corrected chi connectivity index (χ0v) is 7.22. The highest BCUT2D eigenvalue weighted by molar-refractivity contribution is 5.67. The van der Waals surface area contributed by atoms with Crippen LogP contribution in [0, 0.1) is 0 Å². The van der Waals surface area contributed by atoms with Gasteiger partial charge in [0.05, 0.1) is 19.8 Å². The van der Waals surface area contributed by atoms with Crippen LogP contribution in [0.5, 0.6) is 0 Å². The first-order valence-electron chi connectivity index (χ1n) is 3.58. The molecule has 0 fully saturated rings. The number of nitrogens with one attached hydrogen (secondary N) is 1. The van der Waals surface area contributed by atoms with Gasteiger partial charge in [-0.3, -0.25) is 0 Å². The minimum absolute atomic E-state index is 0.0486. The van der Waals surface area contributed by atoms with Crippen LogP contribution in [0.15, 0.2) is 0 Å². The molecule has 0 spiro atoms. The lowest BCUT2D eigenvalue weighted by atomic mass is 10.2. The van der Waals surface area contributed by atoms with Gasteiger partial charge in [0.15, 0.2) is 0 Å². The van der Waals surface area contributed by atoms with Gasteiger partial charge in [-0.2, -0.15) is 0 Å². The largest absolute Gasteiger partial charge is 0.453 e. The first kappa shape index (κ1) is 10.2. The van der Waals surface area contributed by atoms with Crippen LogP contribution in [0.25, 0.3) is 0 Å². The maximum Gasteiger partial charge on any atom is 0.407 e. The average molecular weight is 161 g/mol. The van der Waals surface area contributed by atoms with Gasteiger partial charge in [0.25, 0.3) is 0 Å². The molecule has 0 saturated heterocycles. The molecule has 0 rings (SSSR count). The van der Waals surface area contributed by atoms with Gasteiger partial charge in [0, 0.05) is 7.11 Å². The molecule has 11 heavy (non-hydrogen) atoms. The second-order valence-electron chi connectivity index (χ2n) is 2.20. The zero-order chi connectivity index (χ0) is 8.69. The maximum atomic E-state index is 10.7. The second-order valence-corrected chi connectivity index (χ2v) is 2.20. The lowest BCUT2D eigenvalue weighted by Crippen LogP contribution is -2.37. The van der Waals surface area contributed by atoms with Gasteiger partial charge in [-0.15, -0.1) is 0 Å². The summed E-state index contributed by atoms with van der Waals surface area (Å²) < 4.78 is 9.29. The molecule has 0 heterocycles. The summed E-state index contributed by atoms with van der Waals surface area (Å²) in [5, 5.41) is 2.63. The smallest absolute Gasteiger partial charge is 0.407 e. The predicted octanol–water partition coefficient (Wildman–Crippen LogP) is 0.767.